The molecule has 0 aliphatic rings. The van der Waals surface area contributed by atoms with Crippen LogP contribution in [0.2, 0.25) is 0 Å². The van der Waals surface area contributed by atoms with Gasteiger partial charge in [0.2, 0.25) is 5.95 Å². The van der Waals surface area contributed by atoms with Crippen molar-refractivity contribution in [3.05, 3.63) is 34.7 Å². The highest BCUT2D eigenvalue weighted by Gasteiger charge is 2.31. The molecule has 0 spiro atoms. The number of nitrogens with one attached hydrogen (secondary N) is 2. The summed E-state index contributed by atoms with van der Waals surface area (Å²) in [5, 5.41) is 5.60. The van der Waals surface area contributed by atoms with Crippen LogP contribution in [0.3, 0.4) is 0 Å². The molecule has 1 aromatic carbocycles. The van der Waals surface area contributed by atoms with Crippen molar-refractivity contribution in [3.8, 4) is 11.3 Å². The summed E-state index contributed by atoms with van der Waals surface area (Å²) in [6, 6.07) is 4.78. The van der Waals surface area contributed by atoms with Gasteiger partial charge in [-0.15, -0.1) is 11.3 Å². The highest BCUT2D eigenvalue weighted by Crippen LogP contribution is 2.40. The Kier molecular flexibility index (Phi) is 4.45. The Bertz CT molecular complexity index is 999. The molecule has 10 heteroatoms. The first-order chi connectivity index (χ1) is 12.3. The van der Waals surface area contributed by atoms with Gasteiger partial charge in [0.15, 0.2) is 0 Å². The van der Waals surface area contributed by atoms with E-state index in [1.807, 2.05) is 0 Å². The van der Waals surface area contributed by atoms with Gasteiger partial charge in [0.25, 0.3) is 5.91 Å². The number of halogens is 3. The van der Waals surface area contributed by atoms with Gasteiger partial charge in [-0.3, -0.25) is 4.79 Å². The van der Waals surface area contributed by atoms with E-state index in [1.54, 1.807) is 7.05 Å². The summed E-state index contributed by atoms with van der Waals surface area (Å²) < 4.78 is 39.2. The zero-order valence-corrected chi connectivity index (χ0v) is 14.5. The molecule has 0 saturated carbocycles. The Labute approximate surface area is 150 Å². The number of hydrogen-bond acceptors (Lipinski definition) is 6. The van der Waals surface area contributed by atoms with Gasteiger partial charge in [-0.25, -0.2) is 9.97 Å². The lowest BCUT2D eigenvalue weighted by molar-refractivity contribution is -0.137. The third-order valence-electron chi connectivity index (χ3n) is 3.71. The molecule has 0 unspecified atom stereocenters. The van der Waals surface area contributed by atoms with E-state index in [0.29, 0.717) is 10.2 Å². The lowest BCUT2D eigenvalue weighted by Crippen LogP contribution is -2.17. The van der Waals surface area contributed by atoms with E-state index in [2.05, 4.69) is 20.6 Å². The molecule has 4 N–H and O–H groups in total. The highest BCUT2D eigenvalue weighted by atomic mass is 32.1. The van der Waals surface area contributed by atoms with Crippen LogP contribution in [-0.2, 0) is 6.18 Å². The van der Waals surface area contributed by atoms with Crippen molar-refractivity contribution in [1.82, 2.24) is 15.3 Å². The molecule has 6 nitrogen and oxygen atoms in total. The van der Waals surface area contributed by atoms with E-state index in [-0.39, 0.29) is 27.8 Å². The zero-order chi connectivity index (χ0) is 19.1. The van der Waals surface area contributed by atoms with E-state index in [0.717, 1.165) is 23.5 Å². The summed E-state index contributed by atoms with van der Waals surface area (Å²) in [7, 11) is 3.05. The summed E-state index contributed by atoms with van der Waals surface area (Å²) in [5.41, 5.74) is 5.90. The lowest BCUT2D eigenvalue weighted by atomic mass is 10.0. The number of benzene rings is 1. The van der Waals surface area contributed by atoms with Crippen LogP contribution in [-0.4, -0.2) is 30.0 Å². The molecule has 0 saturated heterocycles. The molecule has 136 valence electrons. The minimum atomic E-state index is -4.48. The van der Waals surface area contributed by atoms with Crippen molar-refractivity contribution in [2.45, 2.75) is 6.18 Å². The summed E-state index contributed by atoms with van der Waals surface area (Å²) >= 11 is 1.05. The van der Waals surface area contributed by atoms with Crippen LogP contribution in [0.4, 0.5) is 24.8 Å². The molecule has 2 aromatic heterocycles. The summed E-state index contributed by atoms with van der Waals surface area (Å²) in [5.74, 6) is -0.180. The predicted molar refractivity (Wildman–Crippen MR) is 95.2 cm³/mol. The molecule has 3 aromatic rings. The van der Waals surface area contributed by atoms with Gasteiger partial charge in [0, 0.05) is 19.7 Å². The number of nitrogen functional groups attached to an aromatic ring is 1. The molecule has 0 aliphatic heterocycles. The number of carbonyl (C=O) groups is 1. The first-order valence-corrected chi connectivity index (χ1v) is 8.25. The number of nitrogens with zero attached hydrogens (tertiary/aromatic N) is 2. The Morgan fingerprint density at radius 1 is 1.23 bits per heavy atom. The second-order valence-corrected chi connectivity index (χ2v) is 6.33. The van der Waals surface area contributed by atoms with Crippen molar-refractivity contribution in [2.24, 2.45) is 0 Å². The largest absolute Gasteiger partial charge is 0.416 e. The molecule has 3 rings (SSSR count). The van der Waals surface area contributed by atoms with E-state index in [4.69, 9.17) is 5.73 Å². The molecule has 0 radical (unpaired) electrons. The summed E-state index contributed by atoms with van der Waals surface area (Å²) in [4.78, 5) is 21.2. The standard InChI is InChI=1S/C16H14F3N5OS/c1-21-13(25)12-10(20)9-11(23-15(22-2)24-14(9)26-12)7-4-3-5-8(6-7)16(17,18)19/h3-6H,20H2,1-2H3,(H,21,25)(H,22,23,24). The van der Waals surface area contributed by atoms with Crippen molar-refractivity contribution in [1.29, 1.82) is 0 Å². The maximum atomic E-state index is 13.1. The number of carbonyl (C=O) groups excluding carboxylic acids is 1. The van der Waals surface area contributed by atoms with Crippen LogP contribution < -0.4 is 16.4 Å². The first-order valence-electron chi connectivity index (χ1n) is 7.43. The Hall–Kier alpha value is -2.88. The Morgan fingerprint density at radius 3 is 2.58 bits per heavy atom. The third kappa shape index (κ3) is 3.03. The third-order valence-corrected chi connectivity index (χ3v) is 4.81. The number of thiophene rings is 1. The van der Waals surface area contributed by atoms with Gasteiger partial charge in [-0.2, -0.15) is 13.2 Å². The molecular formula is C16H14F3N5OS. The van der Waals surface area contributed by atoms with Gasteiger partial charge in [0.05, 0.1) is 22.3 Å². The second kappa shape index (κ2) is 6.45. The zero-order valence-electron chi connectivity index (χ0n) is 13.7. The minimum Gasteiger partial charge on any atom is -0.397 e. The van der Waals surface area contributed by atoms with Crippen LogP contribution in [0, 0.1) is 0 Å². The van der Waals surface area contributed by atoms with Gasteiger partial charge < -0.3 is 16.4 Å². The van der Waals surface area contributed by atoms with Crippen molar-refractivity contribution in [2.75, 3.05) is 25.1 Å². The average molecular weight is 381 g/mol. The number of rotatable bonds is 3. The highest BCUT2D eigenvalue weighted by molar-refractivity contribution is 7.21. The van der Waals surface area contributed by atoms with Crippen molar-refractivity contribution in [3.63, 3.8) is 0 Å². The average Bonchev–Trinajstić information content (AvgIpc) is 2.96. The van der Waals surface area contributed by atoms with Crippen LogP contribution in [0.1, 0.15) is 15.2 Å². The first kappa shape index (κ1) is 17.9. The smallest absolute Gasteiger partial charge is 0.397 e. The molecule has 1 amide bonds. The Morgan fingerprint density at radius 2 is 1.96 bits per heavy atom. The predicted octanol–water partition coefficient (Wildman–Crippen LogP) is 3.36. The van der Waals surface area contributed by atoms with Crippen LogP contribution in [0.5, 0.6) is 0 Å². The second-order valence-electron chi connectivity index (χ2n) is 5.33. The number of nitrogens with two attached hydrogens (primary N) is 1. The topological polar surface area (TPSA) is 92.9 Å². The maximum absolute atomic E-state index is 13.1. The normalized spacial score (nSPS) is 11.6. The van der Waals surface area contributed by atoms with Gasteiger partial charge in [0.1, 0.15) is 9.71 Å². The molecule has 26 heavy (non-hydrogen) atoms. The molecule has 0 bridgehead atoms. The minimum absolute atomic E-state index is 0.138. The fraction of sp³-hybridized carbons (Fsp3) is 0.188. The Balaban J connectivity index is 2.31. The number of amides is 1. The number of aromatic nitrogens is 2. The monoisotopic (exact) mass is 381 g/mol. The van der Waals surface area contributed by atoms with Crippen LogP contribution in [0.25, 0.3) is 21.5 Å². The van der Waals surface area contributed by atoms with Gasteiger partial charge >= 0.3 is 6.18 Å². The molecular weight excluding hydrogens is 367 g/mol. The fourth-order valence-corrected chi connectivity index (χ4v) is 3.51. The molecule has 0 fully saturated rings. The number of alkyl halides is 3. The molecule has 0 atom stereocenters. The van der Waals surface area contributed by atoms with Gasteiger partial charge in [-0.1, -0.05) is 12.1 Å². The van der Waals surface area contributed by atoms with Crippen LogP contribution in [0.15, 0.2) is 24.3 Å². The number of fused-ring (bicyclic) bond motifs is 1. The quantitative estimate of drug-likeness (QED) is 0.647. The van der Waals surface area contributed by atoms with Crippen molar-refractivity contribution < 1.29 is 18.0 Å². The number of anilines is 2. The summed E-state index contributed by atoms with van der Waals surface area (Å²) in [6.45, 7) is 0. The molecule has 0 aliphatic carbocycles. The van der Waals surface area contributed by atoms with Crippen molar-refractivity contribution >= 4 is 39.1 Å². The fourth-order valence-electron chi connectivity index (χ4n) is 2.47. The van der Waals surface area contributed by atoms with E-state index >= 15 is 0 Å². The van der Waals surface area contributed by atoms with E-state index in [9.17, 15) is 18.0 Å². The van der Waals surface area contributed by atoms with Crippen LogP contribution >= 0.6 is 11.3 Å². The maximum Gasteiger partial charge on any atom is 0.416 e. The van der Waals surface area contributed by atoms with E-state index < -0.39 is 17.6 Å². The lowest BCUT2D eigenvalue weighted by Gasteiger charge is -2.10. The summed E-state index contributed by atoms with van der Waals surface area (Å²) in [6.07, 6.45) is -4.48. The number of hydrogen-bond donors (Lipinski definition) is 3. The molecule has 2 heterocycles. The van der Waals surface area contributed by atoms with E-state index in [1.165, 1.54) is 19.2 Å². The SMILES string of the molecule is CNC(=O)c1sc2nc(NC)nc(-c3cccc(C(F)(F)F)c3)c2c1N. The van der Waals surface area contributed by atoms with Gasteiger partial charge in [-0.05, 0) is 12.1 Å².